The van der Waals surface area contributed by atoms with Gasteiger partial charge in [-0.2, -0.15) is 0 Å². The van der Waals surface area contributed by atoms with Crippen molar-refractivity contribution in [3.8, 4) is 0 Å². The Morgan fingerprint density at radius 1 is 1.34 bits per heavy atom. The van der Waals surface area contributed by atoms with Gasteiger partial charge in [-0.1, -0.05) is 18.2 Å². The largest absolute Gasteiger partial charge is 0.444 e. The van der Waals surface area contributed by atoms with Gasteiger partial charge in [0, 0.05) is 18.2 Å². The molecule has 29 heavy (non-hydrogen) atoms. The number of nitrogens with zero attached hydrogens (tertiary/aromatic N) is 1. The van der Waals surface area contributed by atoms with Gasteiger partial charge in [0.2, 0.25) is 0 Å². The summed E-state index contributed by atoms with van der Waals surface area (Å²) in [6.07, 6.45) is 2.15. The number of benzene rings is 1. The minimum atomic E-state index is -3.52. The minimum Gasteiger partial charge on any atom is -0.444 e. The highest BCUT2D eigenvalue weighted by Gasteiger charge is 2.33. The molecule has 0 aliphatic carbocycles. The van der Waals surface area contributed by atoms with Crippen LogP contribution in [0, 0.1) is 0 Å². The van der Waals surface area contributed by atoms with E-state index in [9.17, 15) is 13.2 Å². The summed E-state index contributed by atoms with van der Waals surface area (Å²) in [6, 6.07) is 8.73. The third kappa shape index (κ3) is 6.40. The summed E-state index contributed by atoms with van der Waals surface area (Å²) in [6.45, 7) is 5.84. The number of carbonyl (C=O) groups is 1. The first-order valence-corrected chi connectivity index (χ1v) is 11.6. The van der Waals surface area contributed by atoms with Crippen molar-refractivity contribution in [3.05, 3.63) is 42.1 Å². The van der Waals surface area contributed by atoms with Crippen molar-refractivity contribution in [2.45, 2.75) is 57.1 Å². The van der Waals surface area contributed by atoms with Gasteiger partial charge in [-0.05, 0) is 51.3 Å². The standard InChI is InChI=1S/C21H28N2O5S/c1-21(2,3)28-20(24)23-18(19-9-6-10-27-19)14-29(25,26)13-15-11-16-7-4-5-8-17(16)22-12-15/h4-5,7-8,11-12,18-19H,6,9-10,13-14H2,1-3H3,(H,23,24). The van der Waals surface area contributed by atoms with Crippen LogP contribution in [0.3, 0.4) is 0 Å². The molecule has 0 spiro atoms. The molecule has 1 amide bonds. The number of alkyl carbamates (subject to hydrolysis) is 1. The second kappa shape index (κ2) is 8.67. The van der Waals surface area contributed by atoms with Crippen LogP contribution in [0.4, 0.5) is 4.79 Å². The van der Waals surface area contributed by atoms with Crippen molar-refractivity contribution < 1.29 is 22.7 Å². The zero-order chi connectivity index (χ0) is 21.1. The minimum absolute atomic E-state index is 0.149. The molecule has 1 aromatic heterocycles. The van der Waals surface area contributed by atoms with Crippen LogP contribution in [0.2, 0.25) is 0 Å². The maximum atomic E-state index is 12.9. The van der Waals surface area contributed by atoms with Gasteiger partial charge in [0.15, 0.2) is 9.84 Å². The predicted molar refractivity (Wildman–Crippen MR) is 111 cm³/mol. The number of ether oxygens (including phenoxy) is 2. The molecule has 0 bridgehead atoms. The van der Waals surface area contributed by atoms with Crippen molar-refractivity contribution in [1.82, 2.24) is 10.3 Å². The lowest BCUT2D eigenvalue weighted by atomic mass is 10.1. The Balaban J connectivity index is 1.72. The molecule has 1 aromatic carbocycles. The number of nitrogens with one attached hydrogen (secondary N) is 1. The molecule has 1 aliphatic heterocycles. The number of hydrogen-bond acceptors (Lipinski definition) is 6. The molecule has 1 aliphatic rings. The molecule has 0 saturated carbocycles. The number of aromatic nitrogens is 1. The van der Waals surface area contributed by atoms with Crippen LogP contribution in [0.1, 0.15) is 39.2 Å². The van der Waals surface area contributed by atoms with E-state index in [0.717, 1.165) is 17.3 Å². The van der Waals surface area contributed by atoms with E-state index < -0.39 is 27.6 Å². The molecule has 158 valence electrons. The Bertz CT molecular complexity index is 962. The first kappa shape index (κ1) is 21.5. The molecule has 2 aromatic rings. The molecule has 1 saturated heterocycles. The molecular formula is C21H28N2O5S. The van der Waals surface area contributed by atoms with E-state index in [2.05, 4.69) is 10.3 Å². The lowest BCUT2D eigenvalue weighted by Gasteiger charge is -2.26. The lowest BCUT2D eigenvalue weighted by molar-refractivity contribution is 0.0391. The van der Waals surface area contributed by atoms with E-state index in [1.165, 1.54) is 0 Å². The number of carbonyl (C=O) groups excluding carboxylic acids is 1. The van der Waals surface area contributed by atoms with Gasteiger partial charge in [-0.15, -0.1) is 0 Å². The first-order chi connectivity index (χ1) is 13.6. The van der Waals surface area contributed by atoms with Gasteiger partial charge in [0.1, 0.15) is 5.60 Å². The van der Waals surface area contributed by atoms with Crippen molar-refractivity contribution >= 4 is 26.8 Å². The van der Waals surface area contributed by atoms with E-state index in [1.54, 1.807) is 27.0 Å². The van der Waals surface area contributed by atoms with Gasteiger partial charge in [0.05, 0.1) is 29.2 Å². The van der Waals surface area contributed by atoms with E-state index >= 15 is 0 Å². The average Bonchev–Trinajstić information content (AvgIpc) is 3.13. The Morgan fingerprint density at radius 3 is 2.79 bits per heavy atom. The Hall–Kier alpha value is -2.19. The molecule has 0 radical (unpaired) electrons. The average molecular weight is 421 g/mol. The van der Waals surface area contributed by atoms with Gasteiger partial charge < -0.3 is 14.8 Å². The molecule has 2 atom stereocenters. The number of fused-ring (bicyclic) bond motifs is 1. The first-order valence-electron chi connectivity index (χ1n) is 9.76. The summed E-state index contributed by atoms with van der Waals surface area (Å²) in [4.78, 5) is 16.6. The molecule has 3 rings (SSSR count). The van der Waals surface area contributed by atoms with Crippen molar-refractivity contribution in [3.63, 3.8) is 0 Å². The highest BCUT2D eigenvalue weighted by Crippen LogP contribution is 2.20. The summed E-state index contributed by atoms with van der Waals surface area (Å²) < 4.78 is 36.7. The van der Waals surface area contributed by atoms with Gasteiger partial charge >= 0.3 is 6.09 Å². The fraction of sp³-hybridized carbons (Fsp3) is 0.524. The zero-order valence-corrected chi connectivity index (χ0v) is 17.9. The van der Waals surface area contributed by atoms with E-state index in [0.29, 0.717) is 18.6 Å². The van der Waals surface area contributed by atoms with Gasteiger partial charge in [0.25, 0.3) is 0 Å². The maximum Gasteiger partial charge on any atom is 0.407 e. The van der Waals surface area contributed by atoms with Crippen LogP contribution >= 0.6 is 0 Å². The quantitative estimate of drug-likeness (QED) is 0.771. The normalized spacial score (nSPS) is 18.5. The van der Waals surface area contributed by atoms with Gasteiger partial charge in [-0.25, -0.2) is 13.2 Å². The molecule has 7 nitrogen and oxygen atoms in total. The fourth-order valence-electron chi connectivity index (χ4n) is 3.40. The van der Waals surface area contributed by atoms with E-state index in [4.69, 9.17) is 9.47 Å². The molecule has 1 N–H and O–H groups in total. The number of amides is 1. The van der Waals surface area contributed by atoms with Crippen molar-refractivity contribution in [1.29, 1.82) is 0 Å². The van der Waals surface area contributed by atoms with Crippen LogP contribution in [-0.4, -0.2) is 49.6 Å². The number of sulfone groups is 1. The maximum absolute atomic E-state index is 12.9. The Labute approximate surface area is 171 Å². The zero-order valence-electron chi connectivity index (χ0n) is 17.1. The van der Waals surface area contributed by atoms with Crippen molar-refractivity contribution in [2.75, 3.05) is 12.4 Å². The second-order valence-corrected chi connectivity index (χ2v) is 10.5. The number of pyridine rings is 1. The molecule has 1 fully saturated rings. The molecular weight excluding hydrogens is 392 g/mol. The SMILES string of the molecule is CC(C)(C)OC(=O)NC(CS(=O)(=O)Cc1cnc2ccccc2c1)C1CCCO1. The van der Waals surface area contributed by atoms with Crippen LogP contribution in [0.15, 0.2) is 36.5 Å². The monoisotopic (exact) mass is 420 g/mol. The molecule has 2 unspecified atom stereocenters. The Morgan fingerprint density at radius 2 is 2.10 bits per heavy atom. The smallest absolute Gasteiger partial charge is 0.407 e. The summed E-state index contributed by atoms with van der Waals surface area (Å²) in [5, 5.41) is 3.60. The summed E-state index contributed by atoms with van der Waals surface area (Å²) >= 11 is 0. The lowest BCUT2D eigenvalue weighted by Crippen LogP contribution is -2.49. The van der Waals surface area contributed by atoms with E-state index in [1.807, 2.05) is 30.3 Å². The number of hydrogen-bond donors (Lipinski definition) is 1. The number of para-hydroxylation sites is 1. The topological polar surface area (TPSA) is 94.6 Å². The molecule has 2 heterocycles. The van der Waals surface area contributed by atoms with Crippen molar-refractivity contribution in [2.24, 2.45) is 0 Å². The molecule has 8 heteroatoms. The second-order valence-electron chi connectivity index (χ2n) is 8.40. The van der Waals surface area contributed by atoms with Crippen LogP contribution in [0.5, 0.6) is 0 Å². The van der Waals surface area contributed by atoms with E-state index in [-0.39, 0.29) is 17.6 Å². The summed E-state index contributed by atoms with van der Waals surface area (Å²) in [5.74, 6) is -0.367. The third-order valence-electron chi connectivity index (χ3n) is 4.58. The third-order valence-corrected chi connectivity index (χ3v) is 6.22. The fourth-order valence-corrected chi connectivity index (χ4v) is 5.03. The van der Waals surface area contributed by atoms with Crippen LogP contribution < -0.4 is 5.32 Å². The van der Waals surface area contributed by atoms with Gasteiger partial charge in [-0.3, -0.25) is 4.98 Å². The van der Waals surface area contributed by atoms with Crippen LogP contribution in [-0.2, 0) is 25.1 Å². The highest BCUT2D eigenvalue weighted by molar-refractivity contribution is 7.90. The summed E-state index contributed by atoms with van der Waals surface area (Å²) in [7, 11) is -3.52. The highest BCUT2D eigenvalue weighted by atomic mass is 32.2. The summed E-state index contributed by atoms with van der Waals surface area (Å²) in [5.41, 5.74) is 0.769. The Kier molecular flexibility index (Phi) is 6.43. The predicted octanol–water partition coefficient (Wildman–Crippen LogP) is 3.22. The number of rotatable bonds is 6. The van der Waals surface area contributed by atoms with Crippen LogP contribution in [0.25, 0.3) is 10.9 Å².